The molecule has 0 aromatic heterocycles. The molecule has 0 aromatic carbocycles. The summed E-state index contributed by atoms with van der Waals surface area (Å²) in [5, 5.41) is 0. The van der Waals surface area contributed by atoms with Crippen LogP contribution in [0.25, 0.3) is 0 Å². The van der Waals surface area contributed by atoms with Gasteiger partial charge in [0.15, 0.2) is 0 Å². The molecule has 3 fully saturated rings. The van der Waals surface area contributed by atoms with E-state index in [1.165, 1.54) is 12.8 Å². The van der Waals surface area contributed by atoms with Crippen molar-refractivity contribution in [1.82, 2.24) is 0 Å². The van der Waals surface area contributed by atoms with Crippen molar-refractivity contribution < 1.29 is 9.53 Å². The fourth-order valence-corrected chi connectivity index (χ4v) is 4.26. The lowest BCUT2D eigenvalue weighted by Gasteiger charge is -2.35. The summed E-state index contributed by atoms with van der Waals surface area (Å²) in [7, 11) is 0. The molecule has 82 valence electrons. The summed E-state index contributed by atoms with van der Waals surface area (Å²) < 4.78 is 5.55. The topological polar surface area (TPSA) is 26.3 Å². The number of fused-ring (bicyclic) bond motifs is 3. The van der Waals surface area contributed by atoms with Crippen LogP contribution in [0.1, 0.15) is 38.5 Å². The van der Waals surface area contributed by atoms with Crippen molar-refractivity contribution in [2.75, 3.05) is 0 Å². The van der Waals surface area contributed by atoms with Crippen molar-refractivity contribution in [2.24, 2.45) is 17.3 Å². The number of rotatable bonds is 2. The summed E-state index contributed by atoms with van der Waals surface area (Å²) in [6.07, 6.45) is 8.47. The van der Waals surface area contributed by atoms with E-state index in [2.05, 4.69) is 6.58 Å². The van der Waals surface area contributed by atoms with Gasteiger partial charge in [-0.2, -0.15) is 0 Å². The summed E-state index contributed by atoms with van der Waals surface area (Å²) in [4.78, 5) is 11.4. The first-order valence-electron chi connectivity index (χ1n) is 6.01. The number of hydrogen-bond donors (Lipinski definition) is 0. The van der Waals surface area contributed by atoms with E-state index in [1.54, 1.807) is 6.26 Å². The highest BCUT2D eigenvalue weighted by Crippen LogP contribution is 2.62. The molecule has 0 aromatic rings. The van der Waals surface area contributed by atoms with Crippen LogP contribution in [0.5, 0.6) is 0 Å². The van der Waals surface area contributed by atoms with Crippen LogP contribution in [0.15, 0.2) is 12.8 Å². The van der Waals surface area contributed by atoms with Gasteiger partial charge in [-0.15, -0.1) is 0 Å². The fourth-order valence-electron chi connectivity index (χ4n) is 4.26. The fraction of sp³-hybridized carbons (Fsp3) is 0.769. The van der Waals surface area contributed by atoms with Gasteiger partial charge in [0, 0.05) is 12.8 Å². The van der Waals surface area contributed by atoms with E-state index >= 15 is 0 Å². The van der Waals surface area contributed by atoms with Gasteiger partial charge in [0.1, 0.15) is 11.9 Å². The Morgan fingerprint density at radius 1 is 1.47 bits per heavy atom. The van der Waals surface area contributed by atoms with Crippen LogP contribution in [0.2, 0.25) is 0 Å². The normalized spacial score (nSPS) is 47.7. The maximum atomic E-state index is 11.4. The molecule has 2 heteroatoms. The number of carbonyl (C=O) groups is 1. The Balaban J connectivity index is 1.74. The van der Waals surface area contributed by atoms with Crippen LogP contribution in [-0.2, 0) is 9.53 Å². The molecule has 2 bridgehead atoms. The van der Waals surface area contributed by atoms with Crippen molar-refractivity contribution in [1.29, 1.82) is 0 Å². The molecule has 3 saturated carbocycles. The summed E-state index contributed by atoms with van der Waals surface area (Å²) in [6, 6.07) is 0. The molecule has 0 amide bonds. The Hall–Kier alpha value is -0.790. The minimum atomic E-state index is 0.392. The van der Waals surface area contributed by atoms with E-state index < -0.39 is 0 Å². The molecule has 2 nitrogen and oxygen atoms in total. The predicted molar refractivity (Wildman–Crippen MR) is 57.2 cm³/mol. The smallest absolute Gasteiger partial charge is 0.133 e. The highest BCUT2D eigenvalue weighted by Gasteiger charge is 2.57. The lowest BCUT2D eigenvalue weighted by molar-refractivity contribution is -0.118. The second kappa shape index (κ2) is 3.10. The van der Waals surface area contributed by atoms with Gasteiger partial charge in [-0.05, 0) is 42.9 Å². The van der Waals surface area contributed by atoms with Crippen molar-refractivity contribution in [3.8, 4) is 0 Å². The van der Waals surface area contributed by atoms with Crippen LogP contribution < -0.4 is 0 Å². The highest BCUT2D eigenvalue weighted by atomic mass is 16.5. The first-order chi connectivity index (χ1) is 7.23. The van der Waals surface area contributed by atoms with Crippen LogP contribution in [0.4, 0.5) is 0 Å². The van der Waals surface area contributed by atoms with E-state index in [1.807, 2.05) is 0 Å². The highest BCUT2D eigenvalue weighted by molar-refractivity contribution is 5.81. The molecule has 0 N–H and O–H groups in total. The zero-order valence-corrected chi connectivity index (χ0v) is 9.08. The minimum Gasteiger partial charge on any atom is -0.498 e. The van der Waals surface area contributed by atoms with Gasteiger partial charge in [-0.25, -0.2) is 0 Å². The monoisotopic (exact) mass is 206 g/mol. The molecule has 4 unspecified atom stereocenters. The maximum Gasteiger partial charge on any atom is 0.133 e. The standard InChI is InChI=1S/C13H18O2/c1-2-15-12-6-10-5-9(12)7-13(10)4-3-11(14)8-13/h2,9-10,12H,1,3-8H2. The average molecular weight is 206 g/mol. The van der Waals surface area contributed by atoms with E-state index in [0.717, 1.165) is 31.6 Å². The molecule has 0 heterocycles. The molecular formula is C13H18O2. The quantitative estimate of drug-likeness (QED) is 0.649. The van der Waals surface area contributed by atoms with Crippen LogP contribution in [0.3, 0.4) is 0 Å². The van der Waals surface area contributed by atoms with Gasteiger partial charge in [-0.3, -0.25) is 4.79 Å². The van der Waals surface area contributed by atoms with Gasteiger partial charge in [0.25, 0.3) is 0 Å². The van der Waals surface area contributed by atoms with Gasteiger partial charge in [0.2, 0.25) is 0 Å². The van der Waals surface area contributed by atoms with Gasteiger partial charge in [0.05, 0.1) is 6.26 Å². The van der Waals surface area contributed by atoms with E-state index in [4.69, 9.17) is 4.74 Å². The third-order valence-corrected chi connectivity index (χ3v) is 4.89. The SMILES string of the molecule is C=COC1CC2CC1CC21CCC(=O)C1. The molecule has 3 rings (SSSR count). The van der Waals surface area contributed by atoms with Gasteiger partial charge in [-0.1, -0.05) is 6.58 Å². The average Bonchev–Trinajstić information content (AvgIpc) is 2.83. The number of ether oxygens (including phenoxy) is 1. The number of Topliss-reactive ketones (excluding diaryl/α,β-unsaturated/α-hetero) is 1. The second-order valence-corrected chi connectivity index (χ2v) is 5.55. The number of ketones is 1. The first-order valence-corrected chi connectivity index (χ1v) is 6.01. The van der Waals surface area contributed by atoms with Gasteiger partial charge < -0.3 is 4.74 Å². The molecule has 4 atom stereocenters. The Kier molecular flexibility index (Phi) is 1.95. The molecule has 0 radical (unpaired) electrons. The number of carbonyl (C=O) groups excluding carboxylic acids is 1. The first kappa shape index (κ1) is 9.44. The van der Waals surface area contributed by atoms with E-state index in [-0.39, 0.29) is 0 Å². The molecule has 0 saturated heterocycles. The largest absolute Gasteiger partial charge is 0.498 e. The van der Waals surface area contributed by atoms with Crippen LogP contribution in [0, 0.1) is 17.3 Å². The third-order valence-electron chi connectivity index (χ3n) is 4.89. The van der Waals surface area contributed by atoms with Crippen molar-refractivity contribution in [3.63, 3.8) is 0 Å². The Bertz CT molecular complexity index is 310. The third kappa shape index (κ3) is 1.27. The molecule has 15 heavy (non-hydrogen) atoms. The lowest BCUT2D eigenvalue weighted by atomic mass is 9.71. The predicted octanol–water partition coefficient (Wildman–Crippen LogP) is 2.68. The zero-order chi connectivity index (χ0) is 10.5. The van der Waals surface area contributed by atoms with Crippen molar-refractivity contribution in [3.05, 3.63) is 12.8 Å². The Morgan fingerprint density at radius 2 is 2.33 bits per heavy atom. The summed E-state index contributed by atoms with van der Waals surface area (Å²) in [6.45, 7) is 3.63. The van der Waals surface area contributed by atoms with Crippen LogP contribution >= 0.6 is 0 Å². The van der Waals surface area contributed by atoms with Crippen molar-refractivity contribution >= 4 is 5.78 Å². The Morgan fingerprint density at radius 3 is 2.87 bits per heavy atom. The zero-order valence-electron chi connectivity index (χ0n) is 9.08. The van der Waals surface area contributed by atoms with Gasteiger partial charge >= 0.3 is 0 Å². The second-order valence-electron chi connectivity index (χ2n) is 5.55. The molecule has 3 aliphatic carbocycles. The van der Waals surface area contributed by atoms with E-state index in [0.29, 0.717) is 23.2 Å². The molecule has 1 spiro atoms. The Labute approximate surface area is 90.7 Å². The lowest BCUT2D eigenvalue weighted by Crippen LogP contribution is -2.31. The summed E-state index contributed by atoms with van der Waals surface area (Å²) in [5.74, 6) is 1.93. The minimum absolute atomic E-state index is 0.392. The van der Waals surface area contributed by atoms with E-state index in [9.17, 15) is 4.79 Å². The van der Waals surface area contributed by atoms with Crippen molar-refractivity contribution in [2.45, 2.75) is 44.6 Å². The molecular weight excluding hydrogens is 188 g/mol. The maximum absolute atomic E-state index is 11.4. The molecule has 3 aliphatic rings. The summed E-state index contributed by atoms with van der Waals surface area (Å²) >= 11 is 0. The van der Waals surface area contributed by atoms with Crippen LogP contribution in [-0.4, -0.2) is 11.9 Å². The molecule has 0 aliphatic heterocycles. The number of hydrogen-bond acceptors (Lipinski definition) is 2. The summed E-state index contributed by atoms with van der Waals surface area (Å²) in [5.41, 5.74) is 0.392.